The number of rotatable bonds is 7. The second-order valence-electron chi connectivity index (χ2n) is 6.73. The maximum atomic E-state index is 13.0. The average Bonchev–Trinajstić information content (AvgIpc) is 2.99. The minimum Gasteiger partial charge on any atom is -0.324 e. The van der Waals surface area contributed by atoms with Gasteiger partial charge in [-0.15, -0.1) is 17.9 Å². The molecule has 2 heterocycles. The van der Waals surface area contributed by atoms with E-state index in [1.54, 1.807) is 13.0 Å². The van der Waals surface area contributed by atoms with Gasteiger partial charge in [0.2, 0.25) is 5.91 Å². The smallest absolute Gasteiger partial charge is 0.271 e. The summed E-state index contributed by atoms with van der Waals surface area (Å²) < 4.78 is 1.49. The molecule has 1 amide bonds. The van der Waals surface area contributed by atoms with Crippen molar-refractivity contribution in [2.75, 3.05) is 5.32 Å². The van der Waals surface area contributed by atoms with Gasteiger partial charge in [-0.05, 0) is 32.4 Å². The monoisotopic (exact) mass is 478 g/mol. The Morgan fingerprint density at radius 2 is 2.19 bits per heavy atom. The second kappa shape index (κ2) is 9.21. The zero-order valence-corrected chi connectivity index (χ0v) is 19.4. The van der Waals surface area contributed by atoms with E-state index in [0.717, 1.165) is 22.2 Å². The molecule has 0 aliphatic carbocycles. The molecule has 11 heteroatoms. The molecule has 1 N–H and O–H groups in total. The highest BCUT2D eigenvalue weighted by Gasteiger charge is 2.22. The lowest BCUT2D eigenvalue weighted by molar-refractivity contribution is -0.384. The van der Waals surface area contributed by atoms with Crippen LogP contribution in [0.25, 0.3) is 10.2 Å². The summed E-state index contributed by atoms with van der Waals surface area (Å²) in [6.45, 7) is 9.44. The zero-order valence-electron chi connectivity index (χ0n) is 17.0. The molecule has 31 heavy (non-hydrogen) atoms. The topological polar surface area (TPSA) is 107 Å². The van der Waals surface area contributed by atoms with Crippen LogP contribution in [0.4, 0.5) is 11.4 Å². The number of aromatic nitrogens is 2. The predicted octanol–water partition coefficient (Wildman–Crippen LogP) is 4.94. The molecule has 0 fully saturated rings. The number of thiophene rings is 1. The summed E-state index contributed by atoms with van der Waals surface area (Å²) in [6.07, 6.45) is 1.60. The molecule has 3 aromatic rings. The van der Waals surface area contributed by atoms with Crippen LogP contribution in [-0.4, -0.2) is 25.6 Å². The summed E-state index contributed by atoms with van der Waals surface area (Å²) >= 11 is 8.62. The summed E-state index contributed by atoms with van der Waals surface area (Å²) in [7, 11) is 0. The fraction of sp³-hybridized carbons (Fsp3) is 0.250. The second-order valence-corrected chi connectivity index (χ2v) is 9.65. The summed E-state index contributed by atoms with van der Waals surface area (Å²) in [4.78, 5) is 42.5. The SMILES string of the molecule is C=CCn1c(S[C@@H](C)C(=O)Nc2cc([N+](=O)[O-])ccc2Cl)nc2sc(C)c(C)c2c1=O. The van der Waals surface area contributed by atoms with E-state index >= 15 is 0 Å². The minimum atomic E-state index is -0.655. The Kier molecular flexibility index (Phi) is 6.83. The van der Waals surface area contributed by atoms with Crippen LogP contribution < -0.4 is 10.9 Å². The third-order valence-electron chi connectivity index (χ3n) is 4.64. The first kappa shape index (κ1) is 23.0. The predicted molar refractivity (Wildman–Crippen MR) is 126 cm³/mol. The van der Waals surface area contributed by atoms with Gasteiger partial charge < -0.3 is 5.32 Å². The number of thioether (sulfide) groups is 1. The molecule has 0 spiro atoms. The lowest BCUT2D eigenvalue weighted by atomic mass is 10.2. The molecular formula is C20H19ClN4O4S2. The summed E-state index contributed by atoms with van der Waals surface area (Å²) in [5.41, 5.74) is 0.682. The Labute approximate surface area is 191 Å². The molecule has 0 unspecified atom stereocenters. The van der Waals surface area contributed by atoms with Crippen molar-refractivity contribution in [2.24, 2.45) is 0 Å². The average molecular weight is 479 g/mol. The molecule has 3 rings (SSSR count). The molecule has 8 nitrogen and oxygen atoms in total. The Hall–Kier alpha value is -2.69. The molecular weight excluding hydrogens is 460 g/mol. The fourth-order valence-electron chi connectivity index (χ4n) is 2.86. The number of nitrogens with one attached hydrogen (secondary N) is 1. The normalized spacial score (nSPS) is 12.0. The van der Waals surface area contributed by atoms with Gasteiger partial charge in [-0.25, -0.2) is 4.98 Å². The zero-order chi connectivity index (χ0) is 22.9. The van der Waals surface area contributed by atoms with E-state index in [9.17, 15) is 19.7 Å². The van der Waals surface area contributed by atoms with Crippen molar-refractivity contribution in [1.29, 1.82) is 0 Å². The summed E-state index contributed by atoms with van der Waals surface area (Å²) in [6, 6.07) is 3.81. The molecule has 2 aromatic heterocycles. The molecule has 162 valence electrons. The fourth-order valence-corrected chi connectivity index (χ4v) is 5.01. The highest BCUT2D eigenvalue weighted by atomic mass is 35.5. The third kappa shape index (κ3) is 4.65. The Morgan fingerprint density at radius 1 is 1.48 bits per heavy atom. The number of allylic oxidation sites excluding steroid dienone is 1. The van der Waals surface area contributed by atoms with Gasteiger partial charge in [0.05, 0.1) is 26.3 Å². The molecule has 0 aliphatic rings. The number of carbonyl (C=O) groups excluding carboxylic acids is 1. The number of hydrogen-bond donors (Lipinski definition) is 1. The van der Waals surface area contributed by atoms with Gasteiger partial charge >= 0.3 is 0 Å². The number of fused-ring (bicyclic) bond motifs is 1. The van der Waals surface area contributed by atoms with Crippen LogP contribution >= 0.6 is 34.7 Å². The number of aryl methyl sites for hydroxylation is 2. The molecule has 0 bridgehead atoms. The van der Waals surface area contributed by atoms with E-state index in [1.165, 1.54) is 34.1 Å². The van der Waals surface area contributed by atoms with E-state index in [4.69, 9.17) is 11.6 Å². The minimum absolute atomic E-state index is 0.143. The Morgan fingerprint density at radius 3 is 2.84 bits per heavy atom. The standard InChI is InChI=1S/C20H19ClN4O4S2/c1-5-8-24-19(27)16-10(2)11(3)30-18(16)23-20(24)31-12(4)17(26)22-15-9-13(25(28)29)6-7-14(15)21/h5-7,9,12H,1,8H2,2-4H3,(H,22,26)/t12-/m0/s1. The van der Waals surface area contributed by atoms with Crippen LogP contribution in [-0.2, 0) is 11.3 Å². The number of anilines is 1. The number of hydrogen-bond acceptors (Lipinski definition) is 7. The quantitative estimate of drug-likeness (QED) is 0.169. The van der Waals surface area contributed by atoms with Crippen molar-refractivity contribution in [3.63, 3.8) is 0 Å². The number of benzene rings is 1. The maximum Gasteiger partial charge on any atom is 0.271 e. The number of halogens is 1. The van der Waals surface area contributed by atoms with Crippen molar-refractivity contribution in [2.45, 2.75) is 37.7 Å². The van der Waals surface area contributed by atoms with E-state index < -0.39 is 16.1 Å². The van der Waals surface area contributed by atoms with Crippen molar-refractivity contribution in [3.05, 3.63) is 66.8 Å². The number of nitrogens with zero attached hydrogens (tertiary/aromatic N) is 3. The molecule has 1 atom stereocenters. The van der Waals surface area contributed by atoms with Crippen molar-refractivity contribution in [3.8, 4) is 0 Å². The first-order valence-corrected chi connectivity index (χ1v) is 11.2. The lowest BCUT2D eigenvalue weighted by Crippen LogP contribution is -2.26. The van der Waals surface area contributed by atoms with Gasteiger partial charge in [-0.3, -0.25) is 24.3 Å². The third-order valence-corrected chi connectivity index (χ3v) is 7.16. The number of nitro groups is 1. The Bertz CT molecular complexity index is 1270. The van der Waals surface area contributed by atoms with Crippen molar-refractivity contribution in [1.82, 2.24) is 9.55 Å². The largest absolute Gasteiger partial charge is 0.324 e. The molecule has 0 saturated carbocycles. The molecule has 1 aromatic carbocycles. The first-order chi connectivity index (χ1) is 14.6. The van der Waals surface area contributed by atoms with Crippen LogP contribution in [0.2, 0.25) is 5.02 Å². The van der Waals surface area contributed by atoms with Gasteiger partial charge in [0.15, 0.2) is 5.16 Å². The van der Waals surface area contributed by atoms with Gasteiger partial charge in [0.1, 0.15) is 4.83 Å². The highest BCUT2D eigenvalue weighted by Crippen LogP contribution is 2.31. The number of amides is 1. The number of nitro benzene ring substituents is 1. The van der Waals surface area contributed by atoms with E-state index in [1.807, 2.05) is 13.8 Å². The van der Waals surface area contributed by atoms with Crippen molar-refractivity contribution < 1.29 is 9.72 Å². The summed E-state index contributed by atoms with van der Waals surface area (Å²) in [5.74, 6) is -0.426. The molecule has 0 saturated heterocycles. The number of non-ortho nitro benzene ring substituents is 1. The van der Waals surface area contributed by atoms with Gasteiger partial charge in [-0.2, -0.15) is 0 Å². The van der Waals surface area contributed by atoms with E-state index in [0.29, 0.717) is 15.4 Å². The van der Waals surface area contributed by atoms with Crippen LogP contribution in [0.1, 0.15) is 17.4 Å². The van der Waals surface area contributed by atoms with E-state index in [-0.39, 0.29) is 28.5 Å². The Balaban J connectivity index is 1.91. The van der Waals surface area contributed by atoms with E-state index in [2.05, 4.69) is 16.9 Å². The highest BCUT2D eigenvalue weighted by molar-refractivity contribution is 8.00. The van der Waals surface area contributed by atoms with Gasteiger partial charge in [0, 0.05) is 23.6 Å². The van der Waals surface area contributed by atoms with Crippen molar-refractivity contribution >= 4 is 62.2 Å². The van der Waals surface area contributed by atoms with Gasteiger partial charge in [-0.1, -0.05) is 29.4 Å². The molecule has 0 radical (unpaired) electrons. The van der Waals surface area contributed by atoms with Crippen LogP contribution in [0.5, 0.6) is 0 Å². The van der Waals surface area contributed by atoms with Crippen LogP contribution in [0.15, 0.2) is 40.8 Å². The molecule has 0 aliphatic heterocycles. The lowest BCUT2D eigenvalue weighted by Gasteiger charge is -2.15. The summed E-state index contributed by atoms with van der Waals surface area (Å²) in [5, 5.41) is 14.1. The maximum absolute atomic E-state index is 13.0. The first-order valence-electron chi connectivity index (χ1n) is 9.17. The van der Waals surface area contributed by atoms with Crippen LogP contribution in [0.3, 0.4) is 0 Å². The van der Waals surface area contributed by atoms with Gasteiger partial charge in [0.25, 0.3) is 11.2 Å². The number of carbonyl (C=O) groups is 1. The van der Waals surface area contributed by atoms with Crippen LogP contribution in [0, 0.1) is 24.0 Å².